The molecule has 2 aromatic carbocycles. The summed E-state index contributed by atoms with van der Waals surface area (Å²) in [5.74, 6) is 0.137. The summed E-state index contributed by atoms with van der Waals surface area (Å²) in [5, 5.41) is 7.09. The summed E-state index contributed by atoms with van der Waals surface area (Å²) in [6.45, 7) is 4.59. The molecule has 4 rings (SSSR count). The van der Waals surface area contributed by atoms with E-state index in [4.69, 9.17) is 0 Å². The van der Waals surface area contributed by atoms with Gasteiger partial charge >= 0.3 is 0 Å². The van der Waals surface area contributed by atoms with E-state index >= 15 is 0 Å². The average Bonchev–Trinajstić information content (AvgIpc) is 3.35. The van der Waals surface area contributed by atoms with Gasteiger partial charge in [0.1, 0.15) is 17.3 Å². The molecular formula is C22H20FN5O. The molecule has 1 amide bonds. The Hall–Kier alpha value is -3.74. The quantitative estimate of drug-likeness (QED) is 0.548. The van der Waals surface area contributed by atoms with Gasteiger partial charge in [-0.15, -0.1) is 0 Å². The lowest BCUT2D eigenvalue weighted by molar-refractivity contribution is 0.102. The van der Waals surface area contributed by atoms with Gasteiger partial charge in [0, 0.05) is 30.2 Å². The number of para-hydroxylation sites is 1. The molecule has 2 heterocycles. The predicted octanol–water partition coefficient (Wildman–Crippen LogP) is 4.46. The maximum Gasteiger partial charge on any atom is 0.259 e. The highest BCUT2D eigenvalue weighted by Gasteiger charge is 2.17. The highest BCUT2D eigenvalue weighted by molar-refractivity contribution is 6.05. The number of carbonyl (C=O) groups is 1. The molecule has 0 spiro atoms. The number of anilines is 1. The van der Waals surface area contributed by atoms with E-state index in [9.17, 15) is 9.18 Å². The molecule has 6 nitrogen and oxygen atoms in total. The zero-order valence-electron chi connectivity index (χ0n) is 16.1. The van der Waals surface area contributed by atoms with Crippen molar-refractivity contribution in [1.29, 1.82) is 0 Å². The number of rotatable bonds is 5. The number of aromatic nitrogens is 4. The molecule has 0 bridgehead atoms. The molecule has 0 radical (unpaired) electrons. The summed E-state index contributed by atoms with van der Waals surface area (Å²) in [6.07, 6.45) is 5.12. The number of benzene rings is 2. The minimum atomic E-state index is -0.398. The van der Waals surface area contributed by atoms with Crippen molar-refractivity contribution in [1.82, 2.24) is 19.3 Å². The highest BCUT2D eigenvalue weighted by Crippen LogP contribution is 2.23. The van der Waals surface area contributed by atoms with Crippen molar-refractivity contribution in [3.8, 4) is 17.1 Å². The van der Waals surface area contributed by atoms with Gasteiger partial charge < -0.3 is 9.88 Å². The molecule has 146 valence electrons. The van der Waals surface area contributed by atoms with E-state index in [1.54, 1.807) is 31.3 Å². The first-order chi connectivity index (χ1) is 14.1. The normalized spacial score (nSPS) is 10.9. The first-order valence-electron chi connectivity index (χ1n) is 9.31. The molecule has 0 aliphatic carbocycles. The second kappa shape index (κ2) is 7.71. The van der Waals surface area contributed by atoms with Gasteiger partial charge in [0.2, 0.25) is 0 Å². The number of aryl methyl sites for hydroxylation is 1. The third-order valence-electron chi connectivity index (χ3n) is 4.77. The van der Waals surface area contributed by atoms with Crippen LogP contribution < -0.4 is 5.32 Å². The van der Waals surface area contributed by atoms with E-state index < -0.39 is 5.82 Å². The fraction of sp³-hybridized carbons (Fsp3) is 0.136. The first kappa shape index (κ1) is 18.6. The van der Waals surface area contributed by atoms with Gasteiger partial charge in [-0.25, -0.2) is 14.1 Å². The SMILES string of the molecule is CCn1ccnc1-c1cccc(NC(=O)c2cnn(-c3ccccc3F)c2C)c1. The summed E-state index contributed by atoms with van der Waals surface area (Å²) in [6, 6.07) is 13.8. The van der Waals surface area contributed by atoms with Crippen LogP contribution in [0.25, 0.3) is 17.1 Å². The van der Waals surface area contributed by atoms with Gasteiger partial charge in [0.15, 0.2) is 0 Å². The minimum absolute atomic E-state index is 0.303. The number of amides is 1. The Morgan fingerprint density at radius 2 is 2.00 bits per heavy atom. The minimum Gasteiger partial charge on any atom is -0.331 e. The van der Waals surface area contributed by atoms with Crippen LogP contribution in [0.5, 0.6) is 0 Å². The molecular weight excluding hydrogens is 369 g/mol. The van der Waals surface area contributed by atoms with Crippen LogP contribution in [-0.2, 0) is 6.54 Å². The van der Waals surface area contributed by atoms with Crippen LogP contribution in [0.4, 0.5) is 10.1 Å². The van der Waals surface area contributed by atoms with Crippen molar-refractivity contribution in [2.75, 3.05) is 5.32 Å². The summed E-state index contributed by atoms with van der Waals surface area (Å²) in [7, 11) is 0. The van der Waals surface area contributed by atoms with Crippen molar-refractivity contribution < 1.29 is 9.18 Å². The first-order valence-corrected chi connectivity index (χ1v) is 9.31. The third kappa shape index (κ3) is 3.54. The molecule has 1 N–H and O–H groups in total. The molecule has 0 aliphatic heterocycles. The van der Waals surface area contributed by atoms with Gasteiger partial charge in [-0.2, -0.15) is 5.10 Å². The topological polar surface area (TPSA) is 64.7 Å². The van der Waals surface area contributed by atoms with Gasteiger partial charge in [0.25, 0.3) is 5.91 Å². The Labute approximate surface area is 167 Å². The van der Waals surface area contributed by atoms with Crippen LogP contribution in [0, 0.1) is 12.7 Å². The Kier molecular flexibility index (Phi) is 4.95. The number of nitrogens with one attached hydrogen (secondary N) is 1. The van der Waals surface area contributed by atoms with Crippen molar-refractivity contribution in [3.63, 3.8) is 0 Å². The van der Waals surface area contributed by atoms with Crippen LogP contribution in [0.2, 0.25) is 0 Å². The summed E-state index contributed by atoms with van der Waals surface area (Å²) >= 11 is 0. The van der Waals surface area contributed by atoms with Gasteiger partial charge in [0.05, 0.1) is 17.5 Å². The number of carbonyl (C=O) groups excluding carboxylic acids is 1. The van der Waals surface area contributed by atoms with Gasteiger partial charge in [-0.3, -0.25) is 4.79 Å². The second-order valence-corrected chi connectivity index (χ2v) is 6.58. The van der Waals surface area contributed by atoms with Crippen molar-refractivity contribution in [2.45, 2.75) is 20.4 Å². The van der Waals surface area contributed by atoms with Crippen LogP contribution in [-0.4, -0.2) is 25.2 Å². The number of hydrogen-bond donors (Lipinski definition) is 1. The third-order valence-corrected chi connectivity index (χ3v) is 4.77. The average molecular weight is 389 g/mol. The molecule has 29 heavy (non-hydrogen) atoms. The van der Waals surface area contributed by atoms with E-state index in [-0.39, 0.29) is 5.91 Å². The smallest absolute Gasteiger partial charge is 0.259 e. The van der Waals surface area contributed by atoms with Crippen molar-refractivity contribution >= 4 is 11.6 Å². The molecule has 7 heteroatoms. The van der Waals surface area contributed by atoms with E-state index in [1.165, 1.54) is 16.9 Å². The lowest BCUT2D eigenvalue weighted by atomic mass is 10.1. The Bertz CT molecular complexity index is 1180. The number of imidazole rings is 1. The van der Waals surface area contributed by atoms with E-state index in [1.807, 2.05) is 42.0 Å². The van der Waals surface area contributed by atoms with Crippen LogP contribution in [0.15, 0.2) is 67.1 Å². The zero-order chi connectivity index (χ0) is 20.4. The van der Waals surface area contributed by atoms with E-state index in [0.29, 0.717) is 22.6 Å². The molecule has 4 aromatic rings. The fourth-order valence-electron chi connectivity index (χ4n) is 3.26. The van der Waals surface area contributed by atoms with Crippen molar-refractivity contribution in [2.24, 2.45) is 0 Å². The zero-order valence-corrected chi connectivity index (χ0v) is 16.1. The fourth-order valence-corrected chi connectivity index (χ4v) is 3.26. The molecule has 0 saturated carbocycles. The highest BCUT2D eigenvalue weighted by atomic mass is 19.1. The Morgan fingerprint density at radius 3 is 2.79 bits per heavy atom. The predicted molar refractivity (Wildman–Crippen MR) is 110 cm³/mol. The summed E-state index contributed by atoms with van der Waals surface area (Å²) in [5.41, 5.74) is 2.81. The molecule has 2 aromatic heterocycles. The largest absolute Gasteiger partial charge is 0.331 e. The Balaban J connectivity index is 1.60. The lowest BCUT2D eigenvalue weighted by Gasteiger charge is -2.09. The number of nitrogens with zero attached hydrogens (tertiary/aromatic N) is 4. The maximum absolute atomic E-state index is 14.1. The molecule has 0 atom stereocenters. The second-order valence-electron chi connectivity index (χ2n) is 6.58. The standard InChI is InChI=1S/C22H20FN5O/c1-3-27-12-11-24-21(27)16-7-6-8-17(13-16)26-22(29)18-14-25-28(15(18)2)20-10-5-4-9-19(20)23/h4-14H,3H2,1-2H3,(H,26,29). The monoisotopic (exact) mass is 389 g/mol. The van der Waals surface area contributed by atoms with Crippen LogP contribution >= 0.6 is 0 Å². The van der Waals surface area contributed by atoms with Gasteiger partial charge in [-0.05, 0) is 38.1 Å². The van der Waals surface area contributed by atoms with Crippen LogP contribution in [0.3, 0.4) is 0 Å². The molecule has 0 fully saturated rings. The lowest BCUT2D eigenvalue weighted by Crippen LogP contribution is -2.13. The van der Waals surface area contributed by atoms with E-state index in [0.717, 1.165) is 17.9 Å². The molecule has 0 unspecified atom stereocenters. The summed E-state index contributed by atoms with van der Waals surface area (Å²) in [4.78, 5) is 17.2. The van der Waals surface area contributed by atoms with Crippen LogP contribution in [0.1, 0.15) is 23.0 Å². The van der Waals surface area contributed by atoms with E-state index in [2.05, 4.69) is 15.4 Å². The van der Waals surface area contributed by atoms with Gasteiger partial charge in [-0.1, -0.05) is 24.3 Å². The molecule has 0 aliphatic rings. The van der Waals surface area contributed by atoms with Crippen molar-refractivity contribution in [3.05, 3.63) is 84.2 Å². The number of hydrogen-bond acceptors (Lipinski definition) is 3. The maximum atomic E-state index is 14.1. The number of halogens is 1. The Morgan fingerprint density at radius 1 is 1.17 bits per heavy atom. The summed E-state index contributed by atoms with van der Waals surface area (Å²) < 4.78 is 17.5. The molecule has 0 saturated heterocycles.